The maximum Gasteiger partial charge on any atom is 0.573 e. The summed E-state index contributed by atoms with van der Waals surface area (Å²) in [5, 5.41) is 3.31. The third-order valence-electron chi connectivity index (χ3n) is 4.39. The van der Waals surface area contributed by atoms with E-state index in [2.05, 4.69) is 15.0 Å². The molecule has 0 atom stereocenters. The Hall–Kier alpha value is -2.61. The fourth-order valence-electron chi connectivity index (χ4n) is 3.02. The number of halogens is 4. The molecule has 2 amide bonds. The molecule has 9 heteroatoms. The molecule has 5 nitrogen and oxygen atoms in total. The molecule has 28 heavy (non-hydrogen) atoms. The van der Waals surface area contributed by atoms with E-state index in [1.165, 1.54) is 18.2 Å². The smallest absolute Gasteiger partial charge is 0.405 e. The van der Waals surface area contributed by atoms with Gasteiger partial charge in [0.15, 0.2) is 0 Å². The van der Waals surface area contributed by atoms with E-state index in [0.717, 1.165) is 5.69 Å². The van der Waals surface area contributed by atoms with Crippen molar-refractivity contribution >= 4 is 23.3 Å². The predicted octanol–water partition coefficient (Wildman–Crippen LogP) is 4.27. The van der Waals surface area contributed by atoms with E-state index in [1.807, 2.05) is 24.3 Å². The number of rotatable bonds is 4. The number of urea groups is 1. The van der Waals surface area contributed by atoms with Gasteiger partial charge < -0.3 is 19.9 Å². The molecule has 1 aliphatic heterocycles. The number of para-hydroxylation sites is 2. The summed E-state index contributed by atoms with van der Waals surface area (Å²) >= 11 is 6.21. The van der Waals surface area contributed by atoms with Gasteiger partial charge in [0.25, 0.3) is 0 Å². The van der Waals surface area contributed by atoms with Crippen LogP contribution in [-0.2, 0) is 6.54 Å². The molecule has 1 N–H and O–H groups in total. The summed E-state index contributed by atoms with van der Waals surface area (Å²) in [6.45, 7) is 2.14. The average molecular weight is 414 g/mol. The van der Waals surface area contributed by atoms with Gasteiger partial charge in [0, 0.05) is 38.3 Å². The summed E-state index contributed by atoms with van der Waals surface area (Å²) in [4.78, 5) is 16.1. The number of alkyl halides is 3. The van der Waals surface area contributed by atoms with Gasteiger partial charge in [-0.1, -0.05) is 41.9 Å². The lowest BCUT2D eigenvalue weighted by atomic mass is 10.2. The second-order valence-corrected chi connectivity index (χ2v) is 6.65. The lowest BCUT2D eigenvalue weighted by Crippen LogP contribution is -2.51. The molecule has 1 saturated heterocycles. The van der Waals surface area contributed by atoms with Crippen molar-refractivity contribution in [1.29, 1.82) is 0 Å². The number of benzene rings is 2. The van der Waals surface area contributed by atoms with Crippen molar-refractivity contribution in [2.75, 3.05) is 31.1 Å². The summed E-state index contributed by atoms with van der Waals surface area (Å²) < 4.78 is 41.5. The number of amides is 2. The highest BCUT2D eigenvalue weighted by molar-refractivity contribution is 6.33. The van der Waals surface area contributed by atoms with E-state index in [4.69, 9.17) is 11.6 Å². The fourth-order valence-corrected chi connectivity index (χ4v) is 3.27. The van der Waals surface area contributed by atoms with Crippen molar-refractivity contribution in [1.82, 2.24) is 10.2 Å². The molecule has 0 bridgehead atoms. The van der Waals surface area contributed by atoms with Crippen LogP contribution in [0.3, 0.4) is 0 Å². The third kappa shape index (κ3) is 5.22. The lowest BCUT2D eigenvalue weighted by Gasteiger charge is -2.36. The highest BCUT2D eigenvalue weighted by atomic mass is 35.5. The van der Waals surface area contributed by atoms with Gasteiger partial charge in [0.05, 0.1) is 10.7 Å². The number of nitrogens with zero attached hydrogens (tertiary/aromatic N) is 2. The maximum atomic E-state index is 12.5. The molecule has 0 aromatic heterocycles. The molecule has 2 aromatic rings. The molecule has 0 aliphatic carbocycles. The highest BCUT2D eigenvalue weighted by Crippen LogP contribution is 2.27. The van der Waals surface area contributed by atoms with E-state index >= 15 is 0 Å². The van der Waals surface area contributed by atoms with Crippen LogP contribution >= 0.6 is 11.6 Å². The zero-order valence-electron chi connectivity index (χ0n) is 14.9. The molecule has 2 aromatic carbocycles. The molecule has 0 radical (unpaired) electrons. The first kappa shape index (κ1) is 20.1. The first-order valence-corrected chi connectivity index (χ1v) is 9.07. The number of ether oxygens (including phenoxy) is 1. The fraction of sp³-hybridized carbons (Fsp3) is 0.316. The minimum Gasteiger partial charge on any atom is -0.405 e. The van der Waals surface area contributed by atoms with Gasteiger partial charge in [-0.25, -0.2) is 4.79 Å². The molecule has 0 spiro atoms. The molecule has 150 valence electrons. The Balaban J connectivity index is 1.54. The van der Waals surface area contributed by atoms with Crippen molar-refractivity contribution in [2.24, 2.45) is 0 Å². The van der Waals surface area contributed by atoms with Gasteiger partial charge in [0.1, 0.15) is 5.75 Å². The van der Waals surface area contributed by atoms with E-state index in [9.17, 15) is 18.0 Å². The van der Waals surface area contributed by atoms with Crippen molar-refractivity contribution < 1.29 is 22.7 Å². The molecule has 0 unspecified atom stereocenters. The monoisotopic (exact) mass is 413 g/mol. The molecule has 1 fully saturated rings. The number of hydrogen-bond acceptors (Lipinski definition) is 3. The van der Waals surface area contributed by atoms with Crippen molar-refractivity contribution in [3.05, 3.63) is 59.1 Å². The zero-order chi connectivity index (χ0) is 20.1. The molecule has 1 aliphatic rings. The van der Waals surface area contributed by atoms with Gasteiger partial charge in [-0.05, 0) is 18.2 Å². The lowest BCUT2D eigenvalue weighted by molar-refractivity contribution is -0.274. The van der Waals surface area contributed by atoms with Gasteiger partial charge in [-0.15, -0.1) is 13.2 Å². The van der Waals surface area contributed by atoms with E-state index in [1.54, 1.807) is 11.0 Å². The van der Waals surface area contributed by atoms with Crippen LogP contribution in [0.5, 0.6) is 5.75 Å². The molecule has 0 saturated carbocycles. The number of carbonyl (C=O) groups is 1. The highest BCUT2D eigenvalue weighted by Gasteiger charge is 2.32. The minimum atomic E-state index is -4.78. The van der Waals surface area contributed by atoms with E-state index in [0.29, 0.717) is 31.2 Å². The van der Waals surface area contributed by atoms with Crippen LogP contribution in [0.25, 0.3) is 0 Å². The summed E-state index contributed by atoms with van der Waals surface area (Å²) in [5.74, 6) is -0.321. The van der Waals surface area contributed by atoms with Crippen LogP contribution in [-0.4, -0.2) is 43.5 Å². The Morgan fingerprint density at radius 1 is 1.04 bits per heavy atom. The van der Waals surface area contributed by atoms with Crippen molar-refractivity contribution in [3.8, 4) is 5.75 Å². The largest absolute Gasteiger partial charge is 0.573 e. The van der Waals surface area contributed by atoms with Crippen LogP contribution in [0.15, 0.2) is 48.5 Å². The number of nitrogens with one attached hydrogen (secondary N) is 1. The first-order valence-electron chi connectivity index (χ1n) is 8.69. The van der Waals surface area contributed by atoms with Crippen LogP contribution in [0.2, 0.25) is 5.02 Å². The maximum absolute atomic E-state index is 12.5. The number of piperazine rings is 1. The second kappa shape index (κ2) is 8.60. The first-order chi connectivity index (χ1) is 13.3. The van der Waals surface area contributed by atoms with E-state index < -0.39 is 6.36 Å². The quantitative estimate of drug-likeness (QED) is 0.814. The van der Waals surface area contributed by atoms with Gasteiger partial charge in [-0.3, -0.25) is 0 Å². The summed E-state index contributed by atoms with van der Waals surface area (Å²) in [5.41, 5.74) is 1.17. The molecular weight excluding hydrogens is 395 g/mol. The Kier molecular flexibility index (Phi) is 6.18. The summed E-state index contributed by atoms with van der Waals surface area (Å²) in [6, 6.07) is 12.9. The Morgan fingerprint density at radius 2 is 1.68 bits per heavy atom. The predicted molar refractivity (Wildman–Crippen MR) is 101 cm³/mol. The minimum absolute atomic E-state index is 0.0597. The Morgan fingerprint density at radius 3 is 2.36 bits per heavy atom. The number of carbonyl (C=O) groups excluding carboxylic acids is 1. The van der Waals surface area contributed by atoms with Crippen LogP contribution < -0.4 is 15.0 Å². The topological polar surface area (TPSA) is 44.8 Å². The third-order valence-corrected chi connectivity index (χ3v) is 4.71. The molecule has 3 rings (SSSR count). The SMILES string of the molecule is O=C(NCc1ccccc1OC(F)(F)F)N1CCN(c2ccccc2Cl)CC1. The number of hydrogen-bond donors (Lipinski definition) is 1. The zero-order valence-corrected chi connectivity index (χ0v) is 15.6. The van der Waals surface area contributed by atoms with Gasteiger partial charge in [-0.2, -0.15) is 0 Å². The Labute approximate surface area is 165 Å². The van der Waals surface area contributed by atoms with Gasteiger partial charge in [0.2, 0.25) is 0 Å². The second-order valence-electron chi connectivity index (χ2n) is 6.24. The average Bonchev–Trinajstić information content (AvgIpc) is 2.66. The van der Waals surface area contributed by atoms with Crippen LogP contribution in [0.1, 0.15) is 5.56 Å². The van der Waals surface area contributed by atoms with Crippen molar-refractivity contribution in [3.63, 3.8) is 0 Å². The Bertz CT molecular complexity index is 824. The standard InChI is InChI=1S/C19H19ClF3N3O2/c20-15-6-2-3-7-16(15)25-9-11-26(12-10-25)18(27)24-13-14-5-1-4-8-17(14)28-19(21,22)23/h1-8H,9-13H2,(H,24,27). The normalized spacial score (nSPS) is 14.7. The van der Waals surface area contributed by atoms with E-state index in [-0.39, 0.29) is 23.9 Å². The summed E-state index contributed by atoms with van der Waals surface area (Å²) in [6.07, 6.45) is -4.78. The summed E-state index contributed by atoms with van der Waals surface area (Å²) in [7, 11) is 0. The molecule has 1 heterocycles. The van der Waals surface area contributed by atoms with Crippen molar-refractivity contribution in [2.45, 2.75) is 12.9 Å². The van der Waals surface area contributed by atoms with Crippen LogP contribution in [0.4, 0.5) is 23.7 Å². The van der Waals surface area contributed by atoms with Crippen LogP contribution in [0, 0.1) is 0 Å². The van der Waals surface area contributed by atoms with Gasteiger partial charge >= 0.3 is 12.4 Å². The molecular formula is C19H19ClF3N3O2. The number of anilines is 1.